The van der Waals surface area contributed by atoms with Crippen LogP contribution < -0.4 is 5.32 Å². The molecule has 1 aromatic carbocycles. The Labute approximate surface area is 94.2 Å². The predicted octanol–water partition coefficient (Wildman–Crippen LogP) is 1.24. The molecule has 88 valence electrons. The lowest BCUT2D eigenvalue weighted by Gasteiger charge is -2.21. The molecule has 3 nitrogen and oxygen atoms in total. The van der Waals surface area contributed by atoms with Crippen molar-refractivity contribution in [1.29, 1.82) is 0 Å². The number of benzene rings is 1. The lowest BCUT2D eigenvalue weighted by molar-refractivity contribution is 0.180. The minimum absolute atomic E-state index is 0.114. The topological polar surface area (TPSA) is 41.5 Å². The van der Waals surface area contributed by atoms with E-state index in [2.05, 4.69) is 5.32 Å². The van der Waals surface area contributed by atoms with Gasteiger partial charge in [-0.2, -0.15) is 0 Å². The Morgan fingerprint density at radius 3 is 2.94 bits per heavy atom. The summed E-state index contributed by atoms with van der Waals surface area (Å²) in [5.74, 6) is -0.284. The van der Waals surface area contributed by atoms with Gasteiger partial charge in [0.25, 0.3) is 0 Å². The number of hydrogen-bond donors (Lipinski definition) is 2. The van der Waals surface area contributed by atoms with E-state index in [0.29, 0.717) is 12.2 Å². The van der Waals surface area contributed by atoms with Gasteiger partial charge in [-0.05, 0) is 12.5 Å². The Bertz CT molecular complexity index is 340. The molecule has 2 N–H and O–H groups in total. The highest BCUT2D eigenvalue weighted by molar-refractivity contribution is 5.21. The van der Waals surface area contributed by atoms with Gasteiger partial charge in [-0.1, -0.05) is 18.2 Å². The summed E-state index contributed by atoms with van der Waals surface area (Å²) in [6.45, 7) is 1.25. The van der Waals surface area contributed by atoms with Crippen LogP contribution in [-0.4, -0.2) is 31.0 Å². The number of ether oxygens (including phenoxy) is 1. The number of nitrogens with one attached hydrogen (secondary N) is 1. The van der Waals surface area contributed by atoms with Gasteiger partial charge >= 0.3 is 0 Å². The molecule has 0 aromatic heterocycles. The molecule has 0 amide bonds. The smallest absolute Gasteiger partial charge is 0.128 e. The number of aliphatic hydroxyl groups is 1. The molecule has 0 radical (unpaired) electrons. The lowest BCUT2D eigenvalue weighted by Crippen LogP contribution is -2.35. The molecule has 1 heterocycles. The first-order valence-corrected chi connectivity index (χ1v) is 5.50. The Hall–Kier alpha value is -0.970. The monoisotopic (exact) mass is 225 g/mol. The van der Waals surface area contributed by atoms with Crippen molar-refractivity contribution in [2.75, 3.05) is 19.8 Å². The third kappa shape index (κ3) is 2.58. The highest BCUT2D eigenvalue weighted by Crippen LogP contribution is 2.18. The highest BCUT2D eigenvalue weighted by Gasteiger charge is 2.21. The number of hydrogen-bond acceptors (Lipinski definition) is 3. The number of rotatable bonds is 4. The van der Waals surface area contributed by atoms with Crippen LogP contribution in [0.25, 0.3) is 0 Å². The fourth-order valence-electron chi connectivity index (χ4n) is 1.95. The maximum absolute atomic E-state index is 13.5. The molecule has 0 saturated carbocycles. The molecule has 4 heteroatoms. The van der Waals surface area contributed by atoms with Gasteiger partial charge in [0.1, 0.15) is 5.82 Å². The van der Waals surface area contributed by atoms with E-state index in [1.807, 2.05) is 0 Å². The second-order valence-corrected chi connectivity index (χ2v) is 3.98. The third-order valence-corrected chi connectivity index (χ3v) is 2.83. The first-order valence-electron chi connectivity index (χ1n) is 5.50. The van der Waals surface area contributed by atoms with Gasteiger partial charge in [-0.3, -0.25) is 0 Å². The molecule has 2 atom stereocenters. The Kier molecular flexibility index (Phi) is 3.88. The van der Waals surface area contributed by atoms with E-state index in [1.54, 1.807) is 18.2 Å². The molecule has 0 aliphatic carbocycles. The summed E-state index contributed by atoms with van der Waals surface area (Å²) in [5.41, 5.74) is 0.511. The van der Waals surface area contributed by atoms with E-state index >= 15 is 0 Å². The highest BCUT2D eigenvalue weighted by atomic mass is 19.1. The third-order valence-electron chi connectivity index (χ3n) is 2.83. The van der Waals surface area contributed by atoms with Crippen LogP contribution in [0.2, 0.25) is 0 Å². The zero-order chi connectivity index (χ0) is 11.4. The van der Waals surface area contributed by atoms with E-state index in [1.165, 1.54) is 6.07 Å². The van der Waals surface area contributed by atoms with Crippen LogP contribution in [0.3, 0.4) is 0 Å². The summed E-state index contributed by atoms with van der Waals surface area (Å²) >= 11 is 0. The van der Waals surface area contributed by atoms with Crippen molar-refractivity contribution < 1.29 is 14.2 Å². The van der Waals surface area contributed by atoms with Crippen LogP contribution in [0.15, 0.2) is 24.3 Å². The lowest BCUT2D eigenvalue weighted by atomic mass is 10.1. The molecular formula is C12H16FNO2. The quantitative estimate of drug-likeness (QED) is 0.810. The average molecular weight is 225 g/mol. The molecule has 1 aliphatic heterocycles. The fourth-order valence-corrected chi connectivity index (χ4v) is 1.95. The largest absolute Gasteiger partial charge is 0.394 e. The second kappa shape index (κ2) is 5.39. The minimum atomic E-state index is -0.354. The zero-order valence-corrected chi connectivity index (χ0v) is 9.03. The van der Waals surface area contributed by atoms with Crippen molar-refractivity contribution in [3.8, 4) is 0 Å². The molecular weight excluding hydrogens is 209 g/mol. The first kappa shape index (κ1) is 11.5. The summed E-state index contributed by atoms with van der Waals surface area (Å²) in [5, 5.41) is 12.5. The minimum Gasteiger partial charge on any atom is -0.394 e. The van der Waals surface area contributed by atoms with E-state index < -0.39 is 0 Å². The summed E-state index contributed by atoms with van der Waals surface area (Å²) in [7, 11) is 0. The van der Waals surface area contributed by atoms with Gasteiger partial charge in [0.15, 0.2) is 0 Å². The Morgan fingerprint density at radius 1 is 1.50 bits per heavy atom. The van der Waals surface area contributed by atoms with Crippen molar-refractivity contribution in [2.45, 2.75) is 18.5 Å². The maximum atomic E-state index is 13.5. The molecule has 1 fully saturated rings. The van der Waals surface area contributed by atoms with Crippen molar-refractivity contribution in [2.24, 2.45) is 0 Å². The van der Waals surface area contributed by atoms with Crippen molar-refractivity contribution in [1.82, 2.24) is 5.32 Å². The number of halogens is 1. The molecule has 0 bridgehead atoms. The second-order valence-electron chi connectivity index (χ2n) is 3.98. The standard InChI is InChI=1S/C12H16FNO2/c13-11-4-2-1-3-10(11)12(7-15)14-9-5-6-16-8-9/h1-4,9,12,14-15H,5-8H2. The number of aliphatic hydroxyl groups excluding tert-OH is 1. The fraction of sp³-hybridized carbons (Fsp3) is 0.500. The molecule has 2 rings (SSSR count). The first-order chi connectivity index (χ1) is 7.81. The van der Waals surface area contributed by atoms with Gasteiger partial charge < -0.3 is 15.2 Å². The molecule has 1 aromatic rings. The van der Waals surface area contributed by atoms with Gasteiger partial charge in [0.2, 0.25) is 0 Å². The van der Waals surface area contributed by atoms with Crippen LogP contribution in [0.4, 0.5) is 4.39 Å². The zero-order valence-electron chi connectivity index (χ0n) is 9.03. The molecule has 16 heavy (non-hydrogen) atoms. The maximum Gasteiger partial charge on any atom is 0.128 e. The van der Waals surface area contributed by atoms with E-state index in [0.717, 1.165) is 13.0 Å². The molecule has 1 aliphatic rings. The summed E-state index contributed by atoms with van der Waals surface area (Å²) in [4.78, 5) is 0. The van der Waals surface area contributed by atoms with Gasteiger partial charge in [0, 0.05) is 18.2 Å². The van der Waals surface area contributed by atoms with Gasteiger partial charge in [-0.15, -0.1) is 0 Å². The van der Waals surface area contributed by atoms with E-state index in [9.17, 15) is 9.50 Å². The van der Waals surface area contributed by atoms with Crippen molar-refractivity contribution >= 4 is 0 Å². The van der Waals surface area contributed by atoms with Crippen LogP contribution in [0.1, 0.15) is 18.0 Å². The van der Waals surface area contributed by atoms with Crippen LogP contribution in [0, 0.1) is 5.82 Å². The molecule has 1 saturated heterocycles. The summed E-state index contributed by atoms with van der Waals surface area (Å²) in [6.07, 6.45) is 0.908. The SMILES string of the molecule is OCC(NC1CCOC1)c1ccccc1F. The van der Waals surface area contributed by atoms with Crippen molar-refractivity contribution in [3.63, 3.8) is 0 Å². The van der Waals surface area contributed by atoms with Crippen LogP contribution >= 0.6 is 0 Å². The average Bonchev–Trinajstić information content (AvgIpc) is 2.80. The van der Waals surface area contributed by atoms with E-state index in [-0.39, 0.29) is 24.5 Å². The van der Waals surface area contributed by atoms with E-state index in [4.69, 9.17) is 4.74 Å². The van der Waals surface area contributed by atoms with Gasteiger partial charge in [-0.25, -0.2) is 4.39 Å². The van der Waals surface area contributed by atoms with Crippen molar-refractivity contribution in [3.05, 3.63) is 35.6 Å². The Balaban J connectivity index is 2.06. The summed E-state index contributed by atoms with van der Waals surface area (Å²) in [6, 6.07) is 6.37. The predicted molar refractivity (Wildman–Crippen MR) is 58.6 cm³/mol. The van der Waals surface area contributed by atoms with Gasteiger partial charge in [0.05, 0.1) is 19.3 Å². The molecule has 2 unspecified atom stereocenters. The Morgan fingerprint density at radius 2 is 2.31 bits per heavy atom. The summed E-state index contributed by atoms with van der Waals surface area (Å²) < 4.78 is 18.7. The normalized spacial score (nSPS) is 22.2. The van der Waals surface area contributed by atoms with Crippen LogP contribution in [-0.2, 0) is 4.74 Å². The van der Waals surface area contributed by atoms with Crippen LogP contribution in [0.5, 0.6) is 0 Å². The molecule has 0 spiro atoms.